The van der Waals surface area contributed by atoms with Crippen LogP contribution in [-0.2, 0) is 32.8 Å². The first-order valence-corrected chi connectivity index (χ1v) is 11.5. The molecular weight excluding hydrogens is 416 g/mol. The minimum Gasteiger partial charge on any atom is -0.497 e. The van der Waals surface area contributed by atoms with Gasteiger partial charge >= 0.3 is 5.97 Å². The van der Waals surface area contributed by atoms with Crippen LogP contribution in [0.5, 0.6) is 5.75 Å². The molecule has 3 heterocycles. The molecule has 0 bridgehead atoms. The summed E-state index contributed by atoms with van der Waals surface area (Å²) in [5, 5.41) is 1.10. The third-order valence-electron chi connectivity index (χ3n) is 6.73. The number of Topliss-reactive ketones (excluding diaryl/α,β-unsaturated/α-hetero) is 1. The van der Waals surface area contributed by atoms with E-state index in [2.05, 4.69) is 16.7 Å². The molecule has 0 N–H and O–H groups in total. The van der Waals surface area contributed by atoms with Crippen molar-refractivity contribution in [2.75, 3.05) is 20.2 Å². The van der Waals surface area contributed by atoms with Crippen molar-refractivity contribution in [1.29, 1.82) is 0 Å². The molecule has 0 aliphatic carbocycles. The summed E-state index contributed by atoms with van der Waals surface area (Å²) in [4.78, 5) is 29.5. The summed E-state index contributed by atoms with van der Waals surface area (Å²) in [5.41, 5.74) is 1.88. The number of carbonyl (C=O) groups is 2. The Kier molecular flexibility index (Phi) is 5.09. The Hall–Kier alpha value is -3.12. The third-order valence-corrected chi connectivity index (χ3v) is 6.73. The minimum atomic E-state index is -1.40. The van der Waals surface area contributed by atoms with Crippen molar-refractivity contribution in [2.45, 2.75) is 51.3 Å². The molecular formula is C27H30N2O4. The highest BCUT2D eigenvalue weighted by Crippen LogP contribution is 2.46. The second kappa shape index (κ2) is 7.73. The van der Waals surface area contributed by atoms with E-state index < -0.39 is 17.1 Å². The highest BCUT2D eigenvalue weighted by atomic mass is 16.6. The van der Waals surface area contributed by atoms with E-state index in [-0.39, 0.29) is 5.78 Å². The van der Waals surface area contributed by atoms with Crippen LogP contribution in [0.15, 0.2) is 48.5 Å². The number of ketones is 1. The smallest absolute Gasteiger partial charge is 0.341 e. The van der Waals surface area contributed by atoms with Gasteiger partial charge in [-0.2, -0.15) is 0 Å². The van der Waals surface area contributed by atoms with Gasteiger partial charge in [-0.15, -0.1) is 0 Å². The standard InChI is InChI=1S/C27H30N2O4/c1-26(2,3)33-25(31)27-23(30)14-16-28(27)15-13-21-20-7-5-6-8-22(20)29(24(21)27)17-18-9-11-19(32-4)12-10-18/h5-12H,13-17H2,1-4H3. The van der Waals surface area contributed by atoms with Crippen LogP contribution < -0.4 is 4.74 Å². The fourth-order valence-electron chi connectivity index (χ4n) is 5.38. The van der Waals surface area contributed by atoms with Gasteiger partial charge in [0.05, 0.1) is 12.8 Å². The molecule has 1 saturated heterocycles. The van der Waals surface area contributed by atoms with Crippen LogP contribution in [0.3, 0.4) is 0 Å². The number of methoxy groups -OCH3 is 1. The van der Waals surface area contributed by atoms with E-state index in [1.807, 2.05) is 62.1 Å². The lowest BCUT2D eigenvalue weighted by molar-refractivity contribution is -0.172. The maximum absolute atomic E-state index is 13.8. The van der Waals surface area contributed by atoms with Gasteiger partial charge in [0.25, 0.3) is 0 Å². The first kappa shape index (κ1) is 21.7. The van der Waals surface area contributed by atoms with Crippen molar-refractivity contribution >= 4 is 22.7 Å². The number of rotatable bonds is 4. The summed E-state index contributed by atoms with van der Waals surface area (Å²) in [6.45, 7) is 7.33. The van der Waals surface area contributed by atoms with Crippen LogP contribution in [0.4, 0.5) is 0 Å². The Morgan fingerprint density at radius 2 is 1.73 bits per heavy atom. The number of esters is 1. The number of hydrogen-bond donors (Lipinski definition) is 0. The van der Waals surface area contributed by atoms with E-state index in [1.54, 1.807) is 7.11 Å². The first-order valence-electron chi connectivity index (χ1n) is 11.5. The van der Waals surface area contributed by atoms with Crippen LogP contribution in [0.1, 0.15) is 44.0 Å². The van der Waals surface area contributed by atoms with Crippen LogP contribution in [-0.4, -0.2) is 47.0 Å². The van der Waals surface area contributed by atoms with Gasteiger partial charge in [0.1, 0.15) is 11.4 Å². The Balaban J connectivity index is 1.75. The molecule has 172 valence electrons. The highest BCUT2D eigenvalue weighted by Gasteiger charge is 2.61. The van der Waals surface area contributed by atoms with E-state index in [0.29, 0.717) is 26.1 Å². The minimum absolute atomic E-state index is 0.0727. The van der Waals surface area contributed by atoms with Gasteiger partial charge < -0.3 is 14.0 Å². The van der Waals surface area contributed by atoms with Crippen molar-refractivity contribution in [2.24, 2.45) is 0 Å². The SMILES string of the molecule is COc1ccc(Cn2c3c(c4ccccc42)CCN2CCC(=O)C32C(=O)OC(C)(C)C)cc1. The van der Waals surface area contributed by atoms with Gasteiger partial charge in [0.15, 0.2) is 5.78 Å². The molecule has 6 heteroatoms. The molecule has 2 aliphatic heterocycles. The van der Waals surface area contributed by atoms with Crippen molar-refractivity contribution < 1.29 is 19.1 Å². The number of carbonyl (C=O) groups excluding carboxylic acids is 2. The summed E-state index contributed by atoms with van der Waals surface area (Å²) < 4.78 is 13.4. The average Bonchev–Trinajstić information content (AvgIpc) is 3.29. The predicted molar refractivity (Wildman–Crippen MR) is 126 cm³/mol. The zero-order valence-corrected chi connectivity index (χ0v) is 19.7. The third kappa shape index (κ3) is 3.35. The molecule has 5 rings (SSSR count). The number of hydrogen-bond acceptors (Lipinski definition) is 5. The quantitative estimate of drug-likeness (QED) is 0.447. The summed E-state index contributed by atoms with van der Waals surface area (Å²) in [6, 6.07) is 16.1. The normalized spacial score (nSPS) is 20.5. The van der Waals surface area contributed by atoms with E-state index in [1.165, 1.54) is 0 Å². The predicted octanol–water partition coefficient (Wildman–Crippen LogP) is 4.07. The van der Waals surface area contributed by atoms with Gasteiger partial charge in [-0.25, -0.2) is 4.79 Å². The summed E-state index contributed by atoms with van der Waals surface area (Å²) in [6.07, 6.45) is 1.14. The lowest BCUT2D eigenvalue weighted by Crippen LogP contribution is -2.58. The largest absolute Gasteiger partial charge is 0.497 e. The van der Waals surface area contributed by atoms with Crippen LogP contribution in [0, 0.1) is 0 Å². The molecule has 0 spiro atoms. The Morgan fingerprint density at radius 3 is 2.42 bits per heavy atom. The zero-order chi connectivity index (χ0) is 23.4. The van der Waals surface area contributed by atoms with E-state index >= 15 is 0 Å². The lowest BCUT2D eigenvalue weighted by Gasteiger charge is -2.41. The Bertz CT molecular complexity index is 1240. The van der Waals surface area contributed by atoms with Crippen LogP contribution in [0.2, 0.25) is 0 Å². The summed E-state index contributed by atoms with van der Waals surface area (Å²) in [7, 11) is 1.65. The van der Waals surface area contributed by atoms with Gasteiger partial charge in [0, 0.05) is 37.0 Å². The molecule has 1 aromatic heterocycles. The Morgan fingerprint density at radius 1 is 1.03 bits per heavy atom. The van der Waals surface area contributed by atoms with Crippen molar-refractivity contribution in [3.8, 4) is 5.75 Å². The van der Waals surface area contributed by atoms with Gasteiger partial charge in [-0.05, 0) is 56.5 Å². The van der Waals surface area contributed by atoms with E-state index in [9.17, 15) is 9.59 Å². The van der Waals surface area contributed by atoms with Crippen molar-refractivity contribution in [3.05, 3.63) is 65.4 Å². The van der Waals surface area contributed by atoms with Crippen molar-refractivity contribution in [3.63, 3.8) is 0 Å². The van der Waals surface area contributed by atoms with Crippen LogP contribution in [0.25, 0.3) is 10.9 Å². The van der Waals surface area contributed by atoms with E-state index in [0.717, 1.165) is 39.9 Å². The topological polar surface area (TPSA) is 60.8 Å². The fourth-order valence-corrected chi connectivity index (χ4v) is 5.38. The number of benzene rings is 2. The number of para-hydroxylation sites is 1. The van der Waals surface area contributed by atoms with Gasteiger partial charge in [-0.1, -0.05) is 30.3 Å². The maximum atomic E-state index is 13.8. The molecule has 2 aromatic carbocycles. The van der Waals surface area contributed by atoms with Crippen LogP contribution >= 0.6 is 0 Å². The monoisotopic (exact) mass is 446 g/mol. The second-order valence-corrected chi connectivity index (χ2v) is 9.90. The average molecular weight is 447 g/mol. The molecule has 33 heavy (non-hydrogen) atoms. The maximum Gasteiger partial charge on any atom is 0.341 e. The summed E-state index contributed by atoms with van der Waals surface area (Å²) >= 11 is 0. The number of fused-ring (bicyclic) bond motifs is 5. The second-order valence-electron chi connectivity index (χ2n) is 9.90. The Labute approximate surface area is 194 Å². The van der Waals surface area contributed by atoms with Gasteiger partial charge in [0.2, 0.25) is 5.54 Å². The number of nitrogens with zero attached hydrogens (tertiary/aromatic N) is 2. The number of ether oxygens (including phenoxy) is 2. The zero-order valence-electron chi connectivity index (χ0n) is 19.7. The molecule has 0 amide bonds. The van der Waals surface area contributed by atoms with E-state index in [4.69, 9.17) is 9.47 Å². The highest BCUT2D eigenvalue weighted by molar-refractivity contribution is 6.12. The molecule has 3 aromatic rings. The first-order chi connectivity index (χ1) is 15.8. The molecule has 0 radical (unpaired) electrons. The molecule has 1 unspecified atom stereocenters. The molecule has 1 fully saturated rings. The fraction of sp³-hybridized carbons (Fsp3) is 0.407. The molecule has 0 saturated carbocycles. The summed E-state index contributed by atoms with van der Waals surface area (Å²) in [5.74, 6) is 0.259. The van der Waals surface area contributed by atoms with Gasteiger partial charge in [-0.3, -0.25) is 9.69 Å². The number of aromatic nitrogens is 1. The molecule has 6 nitrogen and oxygen atoms in total. The van der Waals surface area contributed by atoms with Crippen molar-refractivity contribution in [1.82, 2.24) is 9.47 Å². The lowest BCUT2D eigenvalue weighted by atomic mass is 9.83. The molecule has 2 aliphatic rings. The molecule has 1 atom stereocenters.